The summed E-state index contributed by atoms with van der Waals surface area (Å²) in [5.41, 5.74) is 0. The lowest BCUT2D eigenvalue weighted by molar-refractivity contribution is 1.50. The highest BCUT2D eigenvalue weighted by Crippen LogP contribution is 1.85. The first-order valence-corrected chi connectivity index (χ1v) is 4.31. The van der Waals surface area contributed by atoms with Crippen LogP contribution in [-0.2, 0) is 10.9 Å². The van der Waals surface area contributed by atoms with Gasteiger partial charge in [0, 0.05) is 0 Å². The molecule has 0 nitrogen and oxygen atoms in total. The van der Waals surface area contributed by atoms with Gasteiger partial charge in [-0.3, -0.25) is 0 Å². The Morgan fingerprint density at radius 1 is 1.71 bits per heavy atom. The van der Waals surface area contributed by atoms with Crippen LogP contribution in [0.2, 0.25) is 0 Å². The Kier molecular flexibility index (Phi) is 4.03. The lowest BCUT2D eigenvalue weighted by Gasteiger charge is -1.89. The van der Waals surface area contributed by atoms with E-state index in [9.17, 15) is 0 Å². The number of terminal acetylenes is 1. The van der Waals surface area contributed by atoms with Gasteiger partial charge in [-0.1, -0.05) is 5.92 Å². The van der Waals surface area contributed by atoms with Crippen molar-refractivity contribution in [3.8, 4) is 12.3 Å². The molecule has 0 aromatic heterocycles. The van der Waals surface area contributed by atoms with Gasteiger partial charge in [0.05, 0.1) is 6.26 Å². The third-order valence-electron chi connectivity index (χ3n) is 0.823. The molecule has 0 bridgehead atoms. The van der Waals surface area contributed by atoms with Gasteiger partial charge in [0.25, 0.3) is 0 Å². The molecular weight excluding hydrogens is 104 g/mol. The van der Waals surface area contributed by atoms with Crippen LogP contribution in [0.1, 0.15) is 6.92 Å². The predicted molar refractivity (Wildman–Crippen MR) is 37.5 cm³/mol. The van der Waals surface area contributed by atoms with Gasteiger partial charge in [0.1, 0.15) is 5.75 Å². The molecular formula is C6H11S+. The van der Waals surface area contributed by atoms with Crippen molar-refractivity contribution >= 4 is 10.9 Å². The van der Waals surface area contributed by atoms with E-state index < -0.39 is 0 Å². The third kappa shape index (κ3) is 3.75. The fourth-order valence-electron chi connectivity index (χ4n) is 0.244. The summed E-state index contributed by atoms with van der Waals surface area (Å²) in [6.45, 7) is 2.17. The average Bonchev–Trinajstić information content (AvgIpc) is 1.68. The largest absolute Gasteiger partial charge is 0.167 e. The average molecular weight is 115 g/mol. The second kappa shape index (κ2) is 4.08. The zero-order valence-corrected chi connectivity index (χ0v) is 5.72. The maximum absolute atomic E-state index is 5.06. The van der Waals surface area contributed by atoms with Gasteiger partial charge < -0.3 is 0 Å². The first kappa shape index (κ1) is 6.91. The second-order valence-corrected chi connectivity index (χ2v) is 3.85. The van der Waals surface area contributed by atoms with Gasteiger partial charge in [0.2, 0.25) is 0 Å². The van der Waals surface area contributed by atoms with Crippen molar-refractivity contribution in [2.75, 3.05) is 17.8 Å². The van der Waals surface area contributed by atoms with Crippen LogP contribution in [0.15, 0.2) is 0 Å². The summed E-state index contributed by atoms with van der Waals surface area (Å²) in [7, 11) is 0.487. The van der Waals surface area contributed by atoms with Crippen molar-refractivity contribution in [3.63, 3.8) is 0 Å². The number of hydrogen-bond acceptors (Lipinski definition) is 0. The number of hydrogen-bond donors (Lipinski definition) is 0. The van der Waals surface area contributed by atoms with E-state index in [1.807, 2.05) is 0 Å². The zero-order valence-electron chi connectivity index (χ0n) is 4.90. The summed E-state index contributed by atoms with van der Waals surface area (Å²) in [6, 6.07) is 0. The Labute approximate surface area is 48.7 Å². The molecule has 0 aliphatic carbocycles. The van der Waals surface area contributed by atoms with E-state index >= 15 is 0 Å². The minimum Gasteiger partial charge on any atom is -0.115 e. The summed E-state index contributed by atoms with van der Waals surface area (Å²) in [4.78, 5) is 0. The van der Waals surface area contributed by atoms with Gasteiger partial charge in [0.15, 0.2) is 5.75 Å². The third-order valence-corrected chi connectivity index (χ3v) is 2.47. The molecule has 40 valence electrons. The summed E-state index contributed by atoms with van der Waals surface area (Å²) >= 11 is 0. The highest BCUT2D eigenvalue weighted by molar-refractivity contribution is 7.96. The molecule has 0 amide bonds. The maximum Gasteiger partial charge on any atom is 0.167 e. The van der Waals surface area contributed by atoms with Crippen LogP contribution in [-0.4, -0.2) is 17.8 Å². The van der Waals surface area contributed by atoms with Gasteiger partial charge in [-0.15, -0.1) is 6.42 Å². The van der Waals surface area contributed by atoms with Gasteiger partial charge >= 0.3 is 0 Å². The van der Waals surface area contributed by atoms with Gasteiger partial charge in [-0.05, 0) is 17.8 Å². The molecule has 1 heteroatoms. The first-order valence-electron chi connectivity index (χ1n) is 2.33. The molecule has 0 N–H and O–H groups in total. The van der Waals surface area contributed by atoms with Crippen LogP contribution in [0, 0.1) is 12.3 Å². The molecule has 0 aromatic carbocycles. The molecule has 0 radical (unpaired) electrons. The maximum atomic E-state index is 5.06. The van der Waals surface area contributed by atoms with Crippen LogP contribution in [0.4, 0.5) is 0 Å². The van der Waals surface area contributed by atoms with E-state index in [0.717, 1.165) is 5.75 Å². The molecule has 7 heavy (non-hydrogen) atoms. The molecule has 1 unspecified atom stereocenters. The quantitative estimate of drug-likeness (QED) is 0.370. The summed E-state index contributed by atoms with van der Waals surface area (Å²) in [6.07, 6.45) is 7.26. The molecule has 0 spiro atoms. The van der Waals surface area contributed by atoms with E-state index in [2.05, 4.69) is 19.1 Å². The van der Waals surface area contributed by atoms with Gasteiger partial charge in [-0.25, -0.2) is 0 Å². The lowest BCUT2D eigenvalue weighted by atomic mass is 10.8. The van der Waals surface area contributed by atoms with E-state index in [1.165, 1.54) is 5.75 Å². The van der Waals surface area contributed by atoms with Gasteiger partial charge in [-0.2, -0.15) is 0 Å². The Hall–Kier alpha value is -0.0900. The SMILES string of the molecule is C#CC[S+](C)CC. The van der Waals surface area contributed by atoms with Crippen molar-refractivity contribution in [1.29, 1.82) is 0 Å². The van der Waals surface area contributed by atoms with E-state index in [4.69, 9.17) is 6.42 Å². The van der Waals surface area contributed by atoms with Crippen molar-refractivity contribution in [2.45, 2.75) is 6.92 Å². The van der Waals surface area contributed by atoms with Crippen LogP contribution < -0.4 is 0 Å². The lowest BCUT2D eigenvalue weighted by Crippen LogP contribution is -2.04. The van der Waals surface area contributed by atoms with E-state index in [-0.39, 0.29) is 0 Å². The number of rotatable bonds is 2. The Bertz CT molecular complexity index is 70.7. The Morgan fingerprint density at radius 3 is 2.43 bits per heavy atom. The molecule has 0 aliphatic rings. The Balaban J connectivity index is 3.03. The van der Waals surface area contributed by atoms with Crippen molar-refractivity contribution in [3.05, 3.63) is 0 Å². The summed E-state index contributed by atoms with van der Waals surface area (Å²) in [5.74, 6) is 4.81. The minimum absolute atomic E-state index is 0.487. The first-order chi connectivity index (χ1) is 3.31. The smallest absolute Gasteiger partial charge is 0.115 e. The molecule has 0 aliphatic heterocycles. The standard InChI is InChI=1S/C6H11S/c1-4-6-7(3)5-2/h1H,5-6H2,2-3H3/q+1. The van der Waals surface area contributed by atoms with Crippen LogP contribution in [0.5, 0.6) is 0 Å². The molecule has 0 saturated heterocycles. The molecule has 0 heterocycles. The molecule has 0 fully saturated rings. The van der Waals surface area contributed by atoms with E-state index in [1.54, 1.807) is 0 Å². The van der Waals surface area contributed by atoms with Crippen molar-refractivity contribution in [1.82, 2.24) is 0 Å². The molecule has 1 atom stereocenters. The van der Waals surface area contributed by atoms with Crippen molar-refractivity contribution < 1.29 is 0 Å². The van der Waals surface area contributed by atoms with E-state index in [0.29, 0.717) is 10.9 Å². The highest BCUT2D eigenvalue weighted by atomic mass is 32.2. The molecule has 0 saturated carbocycles. The fourth-order valence-corrected chi connectivity index (χ4v) is 0.733. The zero-order chi connectivity index (χ0) is 5.70. The normalized spacial score (nSPS) is 12.7. The molecule has 0 aromatic rings. The minimum atomic E-state index is 0.487. The van der Waals surface area contributed by atoms with Crippen LogP contribution in [0.3, 0.4) is 0 Å². The summed E-state index contributed by atoms with van der Waals surface area (Å²) in [5, 5.41) is 0. The van der Waals surface area contributed by atoms with Crippen molar-refractivity contribution in [2.24, 2.45) is 0 Å². The van der Waals surface area contributed by atoms with Crippen LogP contribution in [0.25, 0.3) is 0 Å². The Morgan fingerprint density at radius 2 is 2.29 bits per heavy atom. The topological polar surface area (TPSA) is 0 Å². The second-order valence-electron chi connectivity index (χ2n) is 1.42. The van der Waals surface area contributed by atoms with Crippen LogP contribution >= 0.6 is 0 Å². The monoisotopic (exact) mass is 115 g/mol. The molecule has 0 rings (SSSR count). The highest BCUT2D eigenvalue weighted by Gasteiger charge is 2.00. The predicted octanol–water partition coefficient (Wildman–Crippen LogP) is 0.888. The summed E-state index contributed by atoms with van der Waals surface area (Å²) < 4.78 is 0. The fraction of sp³-hybridized carbons (Fsp3) is 0.667.